The van der Waals surface area contributed by atoms with Crippen LogP contribution in [0.25, 0.3) is 10.9 Å². The summed E-state index contributed by atoms with van der Waals surface area (Å²) >= 11 is 5.85. The van der Waals surface area contributed by atoms with Gasteiger partial charge in [-0.2, -0.15) is 0 Å². The van der Waals surface area contributed by atoms with Crippen molar-refractivity contribution < 1.29 is 22.7 Å². The monoisotopic (exact) mass is 497 g/mol. The molecule has 13 heteroatoms. The summed E-state index contributed by atoms with van der Waals surface area (Å²) < 4.78 is 42.0. The number of benzene rings is 1. The van der Waals surface area contributed by atoms with Crippen molar-refractivity contribution >= 4 is 44.3 Å². The number of nitrogens with zero attached hydrogens (tertiary/aromatic N) is 5. The lowest BCUT2D eigenvalue weighted by atomic mass is 10.2. The molecular weight excluding hydrogens is 477 g/mol. The SMILES string of the molecule is CCN(c1nn(Cc2ccc(F)c(Cl)c2)c(=O)c2c(O)c3n(c12)CCN(C)C3=O)S(C)(=O)=O. The van der Waals surface area contributed by atoms with Crippen molar-refractivity contribution in [2.45, 2.75) is 20.0 Å². The Hall–Kier alpha value is -3.12. The Bertz CT molecular complexity index is 1470. The van der Waals surface area contributed by atoms with Gasteiger partial charge in [-0.15, -0.1) is 5.10 Å². The topological polar surface area (TPSA) is 118 Å². The number of aromatic hydroxyl groups is 1. The number of carbonyl (C=O) groups is 1. The highest BCUT2D eigenvalue weighted by Crippen LogP contribution is 2.37. The van der Waals surface area contributed by atoms with Crippen LogP contribution in [0.5, 0.6) is 5.75 Å². The van der Waals surface area contributed by atoms with Crippen LogP contribution in [-0.4, -0.2) is 65.1 Å². The van der Waals surface area contributed by atoms with Crippen molar-refractivity contribution in [1.29, 1.82) is 0 Å². The molecule has 0 radical (unpaired) electrons. The second kappa shape index (κ2) is 8.03. The maximum Gasteiger partial charge on any atom is 0.280 e. The second-order valence-corrected chi connectivity index (χ2v) is 10.1. The first-order valence-corrected chi connectivity index (χ1v) is 12.2. The number of rotatable bonds is 5. The first-order valence-electron chi connectivity index (χ1n) is 9.99. The van der Waals surface area contributed by atoms with E-state index in [0.717, 1.165) is 21.3 Å². The second-order valence-electron chi connectivity index (χ2n) is 7.76. The van der Waals surface area contributed by atoms with Crippen molar-refractivity contribution in [3.05, 3.63) is 50.7 Å². The summed E-state index contributed by atoms with van der Waals surface area (Å²) in [7, 11) is -2.26. The molecule has 0 spiro atoms. The van der Waals surface area contributed by atoms with Gasteiger partial charge in [0.05, 0.1) is 17.8 Å². The fourth-order valence-electron chi connectivity index (χ4n) is 3.98. The third kappa shape index (κ3) is 3.72. The normalized spacial score (nSPS) is 14.1. The third-order valence-corrected chi connectivity index (χ3v) is 7.08. The molecule has 3 aromatic rings. The molecule has 0 aliphatic carbocycles. The van der Waals surface area contributed by atoms with Gasteiger partial charge in [-0.3, -0.25) is 13.9 Å². The highest BCUT2D eigenvalue weighted by atomic mass is 35.5. The van der Waals surface area contributed by atoms with Gasteiger partial charge in [-0.1, -0.05) is 17.7 Å². The molecule has 0 saturated carbocycles. The Balaban J connectivity index is 2.06. The third-order valence-electron chi connectivity index (χ3n) is 5.56. The van der Waals surface area contributed by atoms with Crippen LogP contribution in [-0.2, 0) is 23.1 Å². The number of halogens is 2. The molecule has 0 saturated heterocycles. The predicted molar refractivity (Wildman–Crippen MR) is 121 cm³/mol. The maximum absolute atomic E-state index is 13.6. The van der Waals surface area contributed by atoms with Crippen LogP contribution in [0.4, 0.5) is 10.2 Å². The van der Waals surface area contributed by atoms with E-state index in [9.17, 15) is 27.5 Å². The summed E-state index contributed by atoms with van der Waals surface area (Å²) in [5, 5.41) is 14.9. The van der Waals surface area contributed by atoms with Crippen LogP contribution >= 0.6 is 11.6 Å². The number of sulfonamides is 1. The lowest BCUT2D eigenvalue weighted by Gasteiger charge is -2.26. The van der Waals surface area contributed by atoms with Crippen LogP contribution in [0.2, 0.25) is 5.02 Å². The fraction of sp³-hybridized carbons (Fsp3) is 0.350. The zero-order valence-corrected chi connectivity index (χ0v) is 19.6. The first kappa shape index (κ1) is 23.1. The van der Waals surface area contributed by atoms with Crippen LogP contribution in [0, 0.1) is 5.82 Å². The van der Waals surface area contributed by atoms with Crippen molar-refractivity contribution in [2.75, 3.05) is 30.7 Å². The molecule has 1 aromatic carbocycles. The van der Waals surface area contributed by atoms with E-state index in [1.165, 1.54) is 21.6 Å². The Morgan fingerprint density at radius 2 is 1.97 bits per heavy atom. The predicted octanol–water partition coefficient (Wildman–Crippen LogP) is 1.62. The zero-order chi connectivity index (χ0) is 24.2. The van der Waals surface area contributed by atoms with Gasteiger partial charge in [0.25, 0.3) is 11.5 Å². The number of amides is 1. The number of hydrogen-bond donors (Lipinski definition) is 1. The molecular formula is C20H21ClFN5O5S. The molecule has 1 aliphatic heterocycles. The first-order chi connectivity index (χ1) is 15.5. The van der Waals surface area contributed by atoms with Crippen molar-refractivity contribution in [1.82, 2.24) is 19.2 Å². The number of hydrogen-bond acceptors (Lipinski definition) is 6. The molecule has 4 rings (SSSR count). The molecule has 176 valence electrons. The van der Waals surface area contributed by atoms with Crippen LogP contribution in [0.1, 0.15) is 23.0 Å². The highest BCUT2D eigenvalue weighted by molar-refractivity contribution is 7.92. The van der Waals surface area contributed by atoms with Crippen molar-refractivity contribution in [2.24, 2.45) is 0 Å². The lowest BCUT2D eigenvalue weighted by Crippen LogP contribution is -2.38. The number of anilines is 1. The smallest absolute Gasteiger partial charge is 0.280 e. The van der Waals surface area contributed by atoms with Crippen LogP contribution in [0.15, 0.2) is 23.0 Å². The summed E-state index contributed by atoms with van der Waals surface area (Å²) in [4.78, 5) is 27.5. The van der Waals surface area contributed by atoms with E-state index in [1.54, 1.807) is 14.0 Å². The van der Waals surface area contributed by atoms with Crippen LogP contribution < -0.4 is 9.86 Å². The van der Waals surface area contributed by atoms with Gasteiger partial charge in [0.1, 0.15) is 16.7 Å². The van der Waals surface area contributed by atoms with Gasteiger partial charge in [0.2, 0.25) is 10.0 Å². The minimum atomic E-state index is -3.82. The van der Waals surface area contributed by atoms with Crippen molar-refractivity contribution in [3.63, 3.8) is 0 Å². The summed E-state index contributed by atoms with van der Waals surface area (Å²) in [6.45, 7) is 1.97. The number of carbonyl (C=O) groups excluding carboxylic acids is 1. The lowest BCUT2D eigenvalue weighted by molar-refractivity contribution is 0.0747. The Labute approximate surface area is 193 Å². The van der Waals surface area contributed by atoms with E-state index in [-0.39, 0.29) is 47.1 Å². The maximum atomic E-state index is 13.6. The Morgan fingerprint density at radius 1 is 1.27 bits per heavy atom. The molecule has 1 N–H and O–H groups in total. The quantitative estimate of drug-likeness (QED) is 0.572. The van der Waals surface area contributed by atoms with E-state index < -0.39 is 33.1 Å². The molecule has 1 amide bonds. The van der Waals surface area contributed by atoms with Gasteiger partial charge >= 0.3 is 0 Å². The van der Waals surface area contributed by atoms with Gasteiger partial charge in [-0.25, -0.2) is 17.5 Å². The Kier molecular flexibility index (Phi) is 5.61. The average Bonchev–Trinajstić information content (AvgIpc) is 3.03. The largest absolute Gasteiger partial charge is 0.505 e. The molecule has 2 aromatic heterocycles. The standard InChI is InChI=1S/C20H21ClFN5O5S/c1-4-27(33(3,31)32)18-15-14(17(28)16-20(30)24(2)7-8-25(15)16)19(29)26(23-18)10-11-5-6-13(22)12(21)9-11/h5-6,9,28H,4,7-8,10H2,1-3H3. The molecule has 0 bridgehead atoms. The van der Waals surface area contributed by atoms with Gasteiger partial charge in [0.15, 0.2) is 17.3 Å². The minimum absolute atomic E-state index is 0.00334. The van der Waals surface area contributed by atoms with Gasteiger partial charge < -0.3 is 14.6 Å². The van der Waals surface area contributed by atoms with E-state index >= 15 is 0 Å². The highest BCUT2D eigenvalue weighted by Gasteiger charge is 2.35. The van der Waals surface area contributed by atoms with E-state index in [0.29, 0.717) is 12.1 Å². The summed E-state index contributed by atoms with van der Waals surface area (Å²) in [6, 6.07) is 3.88. The van der Waals surface area contributed by atoms with Crippen molar-refractivity contribution in [3.8, 4) is 5.75 Å². The molecule has 0 unspecified atom stereocenters. The molecule has 3 heterocycles. The molecule has 0 atom stereocenters. The summed E-state index contributed by atoms with van der Waals surface area (Å²) in [5.74, 6) is -1.77. The van der Waals surface area contributed by atoms with Gasteiger partial charge in [0, 0.05) is 26.7 Å². The average molecular weight is 498 g/mol. The van der Waals surface area contributed by atoms with E-state index in [4.69, 9.17) is 11.6 Å². The number of likely N-dealkylation sites (N-methyl/N-ethyl adjacent to an activating group) is 1. The fourth-order valence-corrected chi connectivity index (χ4v) is 5.09. The van der Waals surface area contributed by atoms with E-state index in [1.807, 2.05) is 0 Å². The number of fused-ring (bicyclic) bond motifs is 3. The van der Waals surface area contributed by atoms with E-state index in [2.05, 4.69) is 5.10 Å². The molecule has 33 heavy (non-hydrogen) atoms. The number of aromatic nitrogens is 3. The molecule has 1 aliphatic rings. The Morgan fingerprint density at radius 3 is 2.58 bits per heavy atom. The zero-order valence-electron chi connectivity index (χ0n) is 18.0. The van der Waals surface area contributed by atoms with Crippen LogP contribution in [0.3, 0.4) is 0 Å². The molecule has 10 nitrogen and oxygen atoms in total. The molecule has 0 fully saturated rings. The summed E-state index contributed by atoms with van der Waals surface area (Å²) in [5.41, 5.74) is -0.336. The van der Waals surface area contributed by atoms with Gasteiger partial charge in [-0.05, 0) is 24.6 Å². The minimum Gasteiger partial charge on any atom is -0.505 e. The summed E-state index contributed by atoms with van der Waals surface area (Å²) in [6.07, 6.45) is 0.998.